The fraction of sp³-hybridized carbons (Fsp3) is 0.588. The monoisotopic (exact) mass is 290 g/mol. The summed E-state index contributed by atoms with van der Waals surface area (Å²) in [6.45, 7) is 8.81. The molecule has 1 aromatic rings. The van der Waals surface area contributed by atoms with E-state index in [1.807, 2.05) is 0 Å². The first-order chi connectivity index (χ1) is 9.43. The lowest BCUT2D eigenvalue weighted by atomic mass is 9.85. The Hall–Kier alpha value is -1.09. The van der Waals surface area contributed by atoms with Crippen molar-refractivity contribution >= 4 is 23.0 Å². The topological polar surface area (TPSA) is 24.1 Å². The van der Waals surface area contributed by atoms with E-state index in [2.05, 4.69) is 56.5 Å². The number of benzene rings is 1. The van der Waals surface area contributed by atoms with Gasteiger partial charge in [-0.3, -0.25) is 0 Å². The summed E-state index contributed by atoms with van der Waals surface area (Å²) in [4.78, 5) is 0. The van der Waals surface area contributed by atoms with Crippen molar-refractivity contribution in [2.75, 3.05) is 5.32 Å². The molecule has 0 aromatic heterocycles. The van der Waals surface area contributed by atoms with E-state index in [0.29, 0.717) is 5.92 Å². The predicted molar refractivity (Wildman–Crippen MR) is 91.3 cm³/mol. The zero-order valence-corrected chi connectivity index (χ0v) is 13.9. The van der Waals surface area contributed by atoms with E-state index in [9.17, 15) is 0 Å². The van der Waals surface area contributed by atoms with Crippen molar-refractivity contribution in [2.24, 2.45) is 5.92 Å². The van der Waals surface area contributed by atoms with Gasteiger partial charge in [-0.2, -0.15) is 0 Å². The van der Waals surface area contributed by atoms with Crippen LogP contribution in [0.4, 0.5) is 5.69 Å². The number of hydrogen-bond acceptors (Lipinski definition) is 1. The SMILES string of the molecule is Cc1ccc(NC(=S)NC2(C(C)C)CCCC2)c(C)c1. The highest BCUT2D eigenvalue weighted by molar-refractivity contribution is 7.80. The number of aryl methyl sites for hydroxylation is 2. The van der Waals surface area contributed by atoms with E-state index in [1.54, 1.807) is 0 Å². The number of nitrogens with one attached hydrogen (secondary N) is 2. The molecular weight excluding hydrogens is 264 g/mol. The van der Waals surface area contributed by atoms with Gasteiger partial charge in [-0.05, 0) is 56.5 Å². The molecular formula is C17H26N2S. The Morgan fingerprint density at radius 2 is 1.85 bits per heavy atom. The van der Waals surface area contributed by atoms with Gasteiger partial charge >= 0.3 is 0 Å². The second kappa shape index (κ2) is 6.13. The molecule has 0 saturated heterocycles. The van der Waals surface area contributed by atoms with Crippen LogP contribution in [0.15, 0.2) is 18.2 Å². The average Bonchev–Trinajstić information content (AvgIpc) is 2.82. The Labute approximate surface area is 128 Å². The quantitative estimate of drug-likeness (QED) is 0.798. The maximum Gasteiger partial charge on any atom is 0.171 e. The van der Waals surface area contributed by atoms with Gasteiger partial charge in [0.2, 0.25) is 0 Å². The summed E-state index contributed by atoms with van der Waals surface area (Å²) in [5.41, 5.74) is 3.80. The van der Waals surface area contributed by atoms with Crippen LogP contribution in [-0.2, 0) is 0 Å². The van der Waals surface area contributed by atoms with E-state index in [0.717, 1.165) is 10.8 Å². The largest absolute Gasteiger partial charge is 0.357 e. The molecule has 0 unspecified atom stereocenters. The second-order valence-electron chi connectivity index (χ2n) is 6.42. The molecule has 0 atom stereocenters. The summed E-state index contributed by atoms with van der Waals surface area (Å²) in [5.74, 6) is 0.601. The van der Waals surface area contributed by atoms with E-state index >= 15 is 0 Å². The minimum Gasteiger partial charge on any atom is -0.357 e. The minimum absolute atomic E-state index is 0.183. The van der Waals surface area contributed by atoms with Crippen LogP contribution in [0.1, 0.15) is 50.7 Å². The van der Waals surface area contributed by atoms with Gasteiger partial charge in [0.05, 0.1) is 0 Å². The summed E-state index contributed by atoms with van der Waals surface area (Å²) < 4.78 is 0. The fourth-order valence-electron chi connectivity index (χ4n) is 3.19. The lowest BCUT2D eigenvalue weighted by Gasteiger charge is -2.36. The Bertz CT molecular complexity index is 488. The standard InChI is InChI=1S/C17H26N2S/c1-12(2)17(9-5-6-10-17)19-16(20)18-15-8-7-13(3)11-14(15)4/h7-8,11-12H,5-6,9-10H2,1-4H3,(H2,18,19,20). The predicted octanol–water partition coefficient (Wildman–Crippen LogP) is 4.56. The molecule has 0 amide bonds. The lowest BCUT2D eigenvalue weighted by molar-refractivity contribution is 0.283. The van der Waals surface area contributed by atoms with Crippen LogP contribution >= 0.6 is 12.2 Å². The van der Waals surface area contributed by atoms with Gasteiger partial charge in [0.25, 0.3) is 0 Å². The smallest absolute Gasteiger partial charge is 0.171 e. The molecule has 0 bridgehead atoms. The molecule has 110 valence electrons. The molecule has 2 nitrogen and oxygen atoms in total. The van der Waals surface area contributed by atoms with Crippen LogP contribution in [0.25, 0.3) is 0 Å². The Morgan fingerprint density at radius 1 is 1.20 bits per heavy atom. The van der Waals surface area contributed by atoms with Gasteiger partial charge < -0.3 is 10.6 Å². The van der Waals surface area contributed by atoms with Crippen LogP contribution < -0.4 is 10.6 Å². The van der Waals surface area contributed by atoms with Crippen molar-refractivity contribution in [3.05, 3.63) is 29.3 Å². The van der Waals surface area contributed by atoms with Crippen molar-refractivity contribution in [1.29, 1.82) is 0 Å². The van der Waals surface area contributed by atoms with Crippen LogP contribution in [0.5, 0.6) is 0 Å². The van der Waals surface area contributed by atoms with Gasteiger partial charge in [-0.1, -0.05) is 44.4 Å². The molecule has 0 radical (unpaired) electrons. The number of hydrogen-bond donors (Lipinski definition) is 2. The Balaban J connectivity index is 2.05. The van der Waals surface area contributed by atoms with Gasteiger partial charge in [-0.25, -0.2) is 0 Å². The highest BCUT2D eigenvalue weighted by Crippen LogP contribution is 2.35. The van der Waals surface area contributed by atoms with Crippen LogP contribution in [0, 0.1) is 19.8 Å². The summed E-state index contributed by atoms with van der Waals surface area (Å²) in [5, 5.41) is 7.72. The average molecular weight is 290 g/mol. The van der Waals surface area contributed by atoms with Crippen molar-refractivity contribution in [1.82, 2.24) is 5.32 Å². The third kappa shape index (κ3) is 3.32. The molecule has 1 fully saturated rings. The highest BCUT2D eigenvalue weighted by Gasteiger charge is 2.37. The van der Waals surface area contributed by atoms with Gasteiger partial charge in [0, 0.05) is 11.2 Å². The molecule has 2 rings (SSSR count). The molecule has 3 heteroatoms. The third-order valence-electron chi connectivity index (χ3n) is 4.59. The first-order valence-electron chi connectivity index (χ1n) is 7.59. The van der Waals surface area contributed by atoms with E-state index in [-0.39, 0.29) is 5.54 Å². The molecule has 0 heterocycles. The van der Waals surface area contributed by atoms with Crippen molar-refractivity contribution in [3.63, 3.8) is 0 Å². The number of rotatable bonds is 3. The van der Waals surface area contributed by atoms with Gasteiger partial charge in [0.1, 0.15) is 0 Å². The van der Waals surface area contributed by atoms with E-state index < -0.39 is 0 Å². The van der Waals surface area contributed by atoms with Crippen LogP contribution in [0.2, 0.25) is 0 Å². The Morgan fingerprint density at radius 3 is 2.40 bits per heavy atom. The summed E-state index contributed by atoms with van der Waals surface area (Å²) in [6, 6.07) is 6.40. The van der Waals surface area contributed by atoms with Crippen molar-refractivity contribution < 1.29 is 0 Å². The fourth-order valence-corrected chi connectivity index (χ4v) is 3.50. The highest BCUT2D eigenvalue weighted by atomic mass is 32.1. The molecule has 2 N–H and O–H groups in total. The third-order valence-corrected chi connectivity index (χ3v) is 4.80. The van der Waals surface area contributed by atoms with Crippen LogP contribution in [0.3, 0.4) is 0 Å². The summed E-state index contributed by atoms with van der Waals surface area (Å²) in [6.07, 6.45) is 5.05. The molecule has 1 aromatic carbocycles. The Kier molecular flexibility index (Phi) is 4.69. The van der Waals surface area contributed by atoms with Gasteiger partial charge in [0.15, 0.2) is 5.11 Å². The maximum atomic E-state index is 5.53. The molecule has 1 saturated carbocycles. The zero-order chi connectivity index (χ0) is 14.8. The van der Waals surface area contributed by atoms with E-state index in [4.69, 9.17) is 12.2 Å². The van der Waals surface area contributed by atoms with Gasteiger partial charge in [-0.15, -0.1) is 0 Å². The second-order valence-corrected chi connectivity index (χ2v) is 6.82. The summed E-state index contributed by atoms with van der Waals surface area (Å²) >= 11 is 5.53. The van der Waals surface area contributed by atoms with Crippen molar-refractivity contribution in [2.45, 2.75) is 58.9 Å². The first-order valence-corrected chi connectivity index (χ1v) is 8.00. The summed E-state index contributed by atoms with van der Waals surface area (Å²) in [7, 11) is 0. The minimum atomic E-state index is 0.183. The molecule has 20 heavy (non-hydrogen) atoms. The van der Waals surface area contributed by atoms with E-state index in [1.165, 1.54) is 36.8 Å². The molecule has 1 aliphatic rings. The maximum absolute atomic E-state index is 5.53. The normalized spacial score (nSPS) is 17.2. The first kappa shape index (κ1) is 15.3. The molecule has 1 aliphatic carbocycles. The number of thiocarbonyl (C=S) groups is 1. The molecule has 0 spiro atoms. The molecule has 0 aliphatic heterocycles. The van der Waals surface area contributed by atoms with Crippen LogP contribution in [-0.4, -0.2) is 10.7 Å². The van der Waals surface area contributed by atoms with Crippen molar-refractivity contribution in [3.8, 4) is 0 Å². The number of anilines is 1. The lowest BCUT2D eigenvalue weighted by Crippen LogP contribution is -2.51. The zero-order valence-electron chi connectivity index (χ0n) is 13.0.